The van der Waals surface area contributed by atoms with E-state index in [0.29, 0.717) is 5.54 Å². The third kappa shape index (κ3) is 1.72. The summed E-state index contributed by atoms with van der Waals surface area (Å²) in [4.78, 5) is 2.48. The molecular weight excluding hydrogens is 249 g/mol. The van der Waals surface area contributed by atoms with E-state index < -0.39 is 0 Å². The van der Waals surface area contributed by atoms with Crippen molar-refractivity contribution in [2.24, 2.45) is 5.92 Å². The van der Waals surface area contributed by atoms with Gasteiger partial charge in [0.25, 0.3) is 0 Å². The smallest absolute Gasteiger partial charge is 0.0185 e. The second-order valence-corrected chi connectivity index (χ2v) is 5.77. The standard InChI is InChI=1S/C9H18IN/c1-7-8(10)5-6-11(4)9(7,2)3/h7-8H,5-6H2,1-4H3. The molecule has 0 aliphatic carbocycles. The van der Waals surface area contributed by atoms with Gasteiger partial charge in [-0.15, -0.1) is 0 Å². The highest BCUT2D eigenvalue weighted by molar-refractivity contribution is 14.1. The van der Waals surface area contributed by atoms with Gasteiger partial charge in [0.2, 0.25) is 0 Å². The Balaban J connectivity index is 2.72. The zero-order valence-corrected chi connectivity index (χ0v) is 10.1. The molecule has 1 heterocycles. The van der Waals surface area contributed by atoms with Gasteiger partial charge in [0.15, 0.2) is 0 Å². The molecule has 1 rings (SSSR count). The van der Waals surface area contributed by atoms with Gasteiger partial charge in [-0.2, -0.15) is 0 Å². The van der Waals surface area contributed by atoms with Crippen molar-refractivity contribution in [1.29, 1.82) is 0 Å². The number of nitrogens with zero attached hydrogens (tertiary/aromatic N) is 1. The highest BCUT2D eigenvalue weighted by Gasteiger charge is 2.37. The number of alkyl halides is 1. The van der Waals surface area contributed by atoms with Crippen molar-refractivity contribution in [2.75, 3.05) is 13.6 Å². The molecule has 2 unspecified atom stereocenters. The normalized spacial score (nSPS) is 39.0. The summed E-state index contributed by atoms with van der Waals surface area (Å²) in [7, 11) is 2.24. The van der Waals surface area contributed by atoms with Crippen LogP contribution in [0.15, 0.2) is 0 Å². The predicted molar refractivity (Wildman–Crippen MR) is 58.3 cm³/mol. The van der Waals surface area contributed by atoms with Crippen molar-refractivity contribution in [1.82, 2.24) is 4.90 Å². The summed E-state index contributed by atoms with van der Waals surface area (Å²) in [6, 6.07) is 0. The second kappa shape index (κ2) is 3.21. The molecule has 0 aromatic rings. The fourth-order valence-corrected chi connectivity index (χ4v) is 2.80. The maximum Gasteiger partial charge on any atom is 0.0185 e. The van der Waals surface area contributed by atoms with E-state index in [-0.39, 0.29) is 0 Å². The maximum atomic E-state index is 2.59. The summed E-state index contributed by atoms with van der Waals surface area (Å²) < 4.78 is 0.860. The van der Waals surface area contributed by atoms with Crippen LogP contribution in [0, 0.1) is 5.92 Å². The quantitative estimate of drug-likeness (QED) is 0.481. The lowest BCUT2D eigenvalue weighted by atomic mass is 9.81. The molecule has 0 amide bonds. The maximum absolute atomic E-state index is 2.59. The first-order valence-electron chi connectivity index (χ1n) is 4.31. The van der Waals surface area contributed by atoms with E-state index in [9.17, 15) is 0 Å². The summed E-state index contributed by atoms with van der Waals surface area (Å²) in [5, 5.41) is 0. The van der Waals surface area contributed by atoms with Crippen LogP contribution in [0.25, 0.3) is 0 Å². The van der Waals surface area contributed by atoms with Gasteiger partial charge >= 0.3 is 0 Å². The first-order valence-corrected chi connectivity index (χ1v) is 5.56. The van der Waals surface area contributed by atoms with Crippen LogP contribution in [-0.2, 0) is 0 Å². The number of likely N-dealkylation sites (tertiary alicyclic amines) is 1. The van der Waals surface area contributed by atoms with E-state index in [0.717, 1.165) is 9.84 Å². The summed E-state index contributed by atoms with van der Waals surface area (Å²) >= 11 is 2.59. The van der Waals surface area contributed by atoms with Crippen LogP contribution < -0.4 is 0 Å². The van der Waals surface area contributed by atoms with Gasteiger partial charge < -0.3 is 4.90 Å². The van der Waals surface area contributed by atoms with E-state index in [4.69, 9.17) is 0 Å². The van der Waals surface area contributed by atoms with Crippen LogP contribution in [0.5, 0.6) is 0 Å². The van der Waals surface area contributed by atoms with Gasteiger partial charge in [0.1, 0.15) is 0 Å². The van der Waals surface area contributed by atoms with Gasteiger partial charge in [-0.25, -0.2) is 0 Å². The highest BCUT2D eigenvalue weighted by atomic mass is 127. The van der Waals surface area contributed by atoms with Crippen LogP contribution in [0.4, 0.5) is 0 Å². The Morgan fingerprint density at radius 1 is 1.45 bits per heavy atom. The monoisotopic (exact) mass is 267 g/mol. The lowest BCUT2D eigenvalue weighted by Gasteiger charge is -2.47. The van der Waals surface area contributed by atoms with Gasteiger partial charge in [-0.1, -0.05) is 29.5 Å². The van der Waals surface area contributed by atoms with Gasteiger partial charge in [0, 0.05) is 9.46 Å². The third-order valence-electron chi connectivity index (χ3n) is 3.38. The molecule has 2 atom stereocenters. The minimum Gasteiger partial charge on any atom is -0.301 e. The van der Waals surface area contributed by atoms with Crippen molar-refractivity contribution >= 4 is 22.6 Å². The largest absolute Gasteiger partial charge is 0.301 e. The molecule has 11 heavy (non-hydrogen) atoms. The minimum absolute atomic E-state index is 0.393. The third-order valence-corrected chi connectivity index (χ3v) is 5.08. The summed E-state index contributed by atoms with van der Waals surface area (Å²) in [5.41, 5.74) is 0.393. The molecule has 1 aliphatic rings. The zero-order chi connectivity index (χ0) is 8.65. The molecular formula is C9H18IN. The molecule has 0 radical (unpaired) electrons. The lowest BCUT2D eigenvalue weighted by molar-refractivity contribution is 0.0628. The summed E-state index contributed by atoms with van der Waals surface area (Å²) in [5.74, 6) is 0.807. The van der Waals surface area contributed by atoms with Crippen LogP contribution in [0.2, 0.25) is 0 Å². The fourth-order valence-electron chi connectivity index (χ4n) is 1.65. The van der Waals surface area contributed by atoms with E-state index >= 15 is 0 Å². The van der Waals surface area contributed by atoms with Gasteiger partial charge in [-0.3, -0.25) is 0 Å². The Morgan fingerprint density at radius 3 is 2.45 bits per heavy atom. The Bertz CT molecular complexity index is 144. The Labute approximate surface area is 83.7 Å². The first kappa shape index (κ1) is 9.78. The van der Waals surface area contributed by atoms with Crippen molar-refractivity contribution in [2.45, 2.75) is 36.7 Å². The first-order chi connectivity index (χ1) is 4.96. The highest BCUT2D eigenvalue weighted by Crippen LogP contribution is 2.35. The number of rotatable bonds is 0. The second-order valence-electron chi connectivity index (χ2n) is 4.17. The topological polar surface area (TPSA) is 3.24 Å². The number of halogens is 1. The Hall–Kier alpha value is 0.690. The molecule has 66 valence electrons. The molecule has 1 nitrogen and oxygen atoms in total. The average molecular weight is 267 g/mol. The summed E-state index contributed by atoms with van der Waals surface area (Å²) in [6.45, 7) is 8.32. The zero-order valence-electron chi connectivity index (χ0n) is 7.89. The van der Waals surface area contributed by atoms with E-state index in [1.54, 1.807) is 0 Å². The van der Waals surface area contributed by atoms with E-state index in [1.165, 1.54) is 13.0 Å². The van der Waals surface area contributed by atoms with E-state index in [2.05, 4.69) is 55.3 Å². The SMILES string of the molecule is CC1C(I)CCN(C)C1(C)C. The molecule has 0 bridgehead atoms. The minimum atomic E-state index is 0.393. The number of hydrogen-bond donors (Lipinski definition) is 0. The predicted octanol–water partition coefficient (Wildman–Crippen LogP) is 2.54. The van der Waals surface area contributed by atoms with E-state index in [1.807, 2.05) is 0 Å². The molecule has 0 N–H and O–H groups in total. The van der Waals surface area contributed by atoms with Gasteiger partial charge in [-0.05, 0) is 39.8 Å². The Kier molecular flexibility index (Phi) is 2.85. The molecule has 1 saturated heterocycles. The van der Waals surface area contributed by atoms with Crippen LogP contribution in [0.1, 0.15) is 27.2 Å². The number of piperidine rings is 1. The van der Waals surface area contributed by atoms with Crippen molar-refractivity contribution < 1.29 is 0 Å². The molecule has 0 aromatic heterocycles. The van der Waals surface area contributed by atoms with Crippen LogP contribution in [0.3, 0.4) is 0 Å². The molecule has 1 fully saturated rings. The fraction of sp³-hybridized carbons (Fsp3) is 1.00. The molecule has 2 heteroatoms. The molecule has 0 aromatic carbocycles. The molecule has 0 saturated carbocycles. The lowest BCUT2D eigenvalue weighted by Crippen LogP contribution is -2.53. The van der Waals surface area contributed by atoms with Crippen LogP contribution in [-0.4, -0.2) is 28.0 Å². The van der Waals surface area contributed by atoms with Crippen molar-refractivity contribution in [3.8, 4) is 0 Å². The molecule has 0 spiro atoms. The number of hydrogen-bond acceptors (Lipinski definition) is 1. The molecule has 1 aliphatic heterocycles. The van der Waals surface area contributed by atoms with Crippen molar-refractivity contribution in [3.05, 3.63) is 0 Å². The average Bonchev–Trinajstić information content (AvgIpc) is 1.95. The summed E-state index contributed by atoms with van der Waals surface area (Å²) in [6.07, 6.45) is 1.35. The Morgan fingerprint density at radius 2 is 2.00 bits per heavy atom. The van der Waals surface area contributed by atoms with Crippen molar-refractivity contribution in [3.63, 3.8) is 0 Å². The van der Waals surface area contributed by atoms with Gasteiger partial charge in [0.05, 0.1) is 0 Å². The van der Waals surface area contributed by atoms with Crippen LogP contribution >= 0.6 is 22.6 Å².